The van der Waals surface area contributed by atoms with Crippen LogP contribution in [0.1, 0.15) is 19.4 Å². The number of benzene rings is 3. The molecule has 4 rings (SSSR count). The SMILES string of the molecule is CCOc1cc(C=Nn2c(-c3ccccc3)nc3ccccc3c2=O)cc([N+](=O)[O-])c1OCC. The van der Waals surface area contributed by atoms with E-state index in [2.05, 4.69) is 10.1 Å². The Morgan fingerprint density at radius 2 is 1.74 bits per heavy atom. The van der Waals surface area contributed by atoms with Crippen LogP contribution in [-0.2, 0) is 0 Å². The Morgan fingerprint density at radius 1 is 1.03 bits per heavy atom. The first-order valence-corrected chi connectivity index (χ1v) is 10.7. The zero-order chi connectivity index (χ0) is 24.1. The molecule has 172 valence electrons. The average molecular weight is 458 g/mol. The van der Waals surface area contributed by atoms with Gasteiger partial charge in [-0.3, -0.25) is 14.9 Å². The van der Waals surface area contributed by atoms with E-state index >= 15 is 0 Å². The summed E-state index contributed by atoms with van der Waals surface area (Å²) in [6.07, 6.45) is 1.37. The molecule has 0 saturated carbocycles. The van der Waals surface area contributed by atoms with Gasteiger partial charge in [0.2, 0.25) is 5.75 Å². The molecule has 0 atom stereocenters. The molecule has 4 aromatic rings. The van der Waals surface area contributed by atoms with E-state index in [9.17, 15) is 14.9 Å². The Kier molecular flexibility index (Phi) is 6.63. The van der Waals surface area contributed by atoms with E-state index in [4.69, 9.17) is 9.47 Å². The molecule has 0 N–H and O–H groups in total. The highest BCUT2D eigenvalue weighted by molar-refractivity contribution is 5.84. The summed E-state index contributed by atoms with van der Waals surface area (Å²) in [6.45, 7) is 4.05. The fraction of sp³-hybridized carbons (Fsp3) is 0.160. The maximum Gasteiger partial charge on any atom is 0.315 e. The van der Waals surface area contributed by atoms with E-state index in [1.807, 2.05) is 36.4 Å². The normalized spacial score (nSPS) is 11.1. The van der Waals surface area contributed by atoms with Crippen LogP contribution in [0.4, 0.5) is 5.69 Å². The minimum absolute atomic E-state index is 0.0565. The van der Waals surface area contributed by atoms with Crippen molar-refractivity contribution in [3.05, 3.63) is 92.8 Å². The van der Waals surface area contributed by atoms with E-state index in [0.717, 1.165) is 0 Å². The third-order valence-electron chi connectivity index (χ3n) is 4.95. The Labute approximate surface area is 195 Å². The summed E-state index contributed by atoms with van der Waals surface area (Å²) in [4.78, 5) is 29.1. The number of rotatable bonds is 8. The van der Waals surface area contributed by atoms with Gasteiger partial charge in [0.15, 0.2) is 11.6 Å². The summed E-state index contributed by atoms with van der Waals surface area (Å²) < 4.78 is 12.2. The van der Waals surface area contributed by atoms with Gasteiger partial charge in [-0.15, -0.1) is 0 Å². The van der Waals surface area contributed by atoms with Crippen LogP contribution < -0.4 is 15.0 Å². The maximum atomic E-state index is 13.3. The van der Waals surface area contributed by atoms with Gasteiger partial charge >= 0.3 is 5.69 Å². The Balaban J connectivity index is 1.89. The van der Waals surface area contributed by atoms with Crippen LogP contribution >= 0.6 is 0 Å². The topological polar surface area (TPSA) is 109 Å². The predicted octanol–water partition coefficient (Wildman–Crippen LogP) is 4.65. The van der Waals surface area contributed by atoms with Crippen LogP contribution in [-0.4, -0.2) is 34.0 Å². The lowest BCUT2D eigenvalue weighted by molar-refractivity contribution is -0.385. The third-order valence-corrected chi connectivity index (χ3v) is 4.95. The Morgan fingerprint density at radius 3 is 2.44 bits per heavy atom. The molecule has 0 saturated heterocycles. The summed E-state index contributed by atoms with van der Waals surface area (Å²) >= 11 is 0. The molecule has 9 heteroatoms. The van der Waals surface area contributed by atoms with Gasteiger partial charge in [-0.25, -0.2) is 4.98 Å². The molecule has 3 aromatic carbocycles. The zero-order valence-corrected chi connectivity index (χ0v) is 18.7. The van der Waals surface area contributed by atoms with Crippen LogP contribution in [0.5, 0.6) is 11.5 Å². The van der Waals surface area contributed by atoms with Crippen LogP contribution in [0.2, 0.25) is 0 Å². The second kappa shape index (κ2) is 9.95. The number of fused-ring (bicyclic) bond motifs is 1. The van der Waals surface area contributed by atoms with Crippen LogP contribution in [0, 0.1) is 10.1 Å². The molecule has 0 radical (unpaired) electrons. The van der Waals surface area contributed by atoms with Gasteiger partial charge in [0.25, 0.3) is 5.56 Å². The van der Waals surface area contributed by atoms with Crippen molar-refractivity contribution in [3.8, 4) is 22.9 Å². The molecule has 0 bridgehead atoms. The third kappa shape index (κ3) is 4.49. The summed E-state index contributed by atoms with van der Waals surface area (Å²) in [5, 5.41) is 16.5. The first kappa shape index (κ1) is 22.7. The van der Waals surface area contributed by atoms with Gasteiger partial charge < -0.3 is 9.47 Å². The number of para-hydroxylation sites is 1. The standard InChI is InChI=1S/C25H22N4O5/c1-3-33-22-15-17(14-21(29(31)32)23(22)34-4-2)16-26-28-24(18-10-6-5-7-11-18)27-20-13-9-8-12-19(20)25(28)30/h5-16H,3-4H2,1-2H3. The van der Waals surface area contributed by atoms with Gasteiger partial charge in [-0.05, 0) is 32.0 Å². The van der Waals surface area contributed by atoms with E-state index in [1.54, 1.807) is 38.1 Å². The largest absolute Gasteiger partial charge is 0.490 e. The van der Waals surface area contributed by atoms with Crippen LogP contribution in [0.15, 0.2) is 76.6 Å². The molecule has 0 unspecified atom stereocenters. The molecule has 0 fully saturated rings. The lowest BCUT2D eigenvalue weighted by Crippen LogP contribution is -2.20. The maximum absolute atomic E-state index is 13.3. The lowest BCUT2D eigenvalue weighted by Gasteiger charge is -2.12. The lowest BCUT2D eigenvalue weighted by atomic mass is 10.2. The predicted molar refractivity (Wildman–Crippen MR) is 130 cm³/mol. The molecule has 1 aromatic heterocycles. The number of hydrogen-bond donors (Lipinski definition) is 0. The van der Waals surface area contributed by atoms with E-state index < -0.39 is 4.92 Å². The van der Waals surface area contributed by atoms with Crippen molar-refractivity contribution < 1.29 is 14.4 Å². The molecule has 0 aliphatic rings. The van der Waals surface area contributed by atoms with Gasteiger partial charge in [0, 0.05) is 17.2 Å². The van der Waals surface area contributed by atoms with E-state index in [1.165, 1.54) is 17.0 Å². The quantitative estimate of drug-likeness (QED) is 0.216. The zero-order valence-electron chi connectivity index (χ0n) is 18.7. The van der Waals surface area contributed by atoms with Gasteiger partial charge in [0.05, 0.1) is 35.3 Å². The van der Waals surface area contributed by atoms with E-state index in [0.29, 0.717) is 34.5 Å². The van der Waals surface area contributed by atoms with Gasteiger partial charge in [0.1, 0.15) is 0 Å². The number of aromatic nitrogens is 2. The first-order valence-electron chi connectivity index (χ1n) is 10.7. The highest BCUT2D eigenvalue weighted by Crippen LogP contribution is 2.38. The second-order valence-electron chi connectivity index (χ2n) is 7.17. The molecule has 1 heterocycles. The van der Waals surface area contributed by atoms with Crippen molar-refractivity contribution in [1.82, 2.24) is 9.66 Å². The number of nitro benzene ring substituents is 1. The van der Waals surface area contributed by atoms with Crippen molar-refractivity contribution in [2.45, 2.75) is 13.8 Å². The van der Waals surface area contributed by atoms with Crippen molar-refractivity contribution in [3.63, 3.8) is 0 Å². The van der Waals surface area contributed by atoms with Gasteiger partial charge in [-0.2, -0.15) is 9.78 Å². The molecule has 0 spiro atoms. The van der Waals surface area contributed by atoms with E-state index in [-0.39, 0.29) is 29.4 Å². The number of ether oxygens (including phenoxy) is 2. The monoisotopic (exact) mass is 458 g/mol. The van der Waals surface area contributed by atoms with Gasteiger partial charge in [-0.1, -0.05) is 42.5 Å². The number of nitro groups is 1. The molecule has 34 heavy (non-hydrogen) atoms. The van der Waals surface area contributed by atoms with Crippen molar-refractivity contribution >= 4 is 22.8 Å². The van der Waals surface area contributed by atoms with Crippen LogP contribution in [0.3, 0.4) is 0 Å². The molecule has 0 amide bonds. The van der Waals surface area contributed by atoms with Crippen LogP contribution in [0.25, 0.3) is 22.3 Å². The fourth-order valence-electron chi connectivity index (χ4n) is 3.50. The minimum Gasteiger partial charge on any atom is -0.490 e. The summed E-state index contributed by atoms with van der Waals surface area (Å²) in [7, 11) is 0. The Hall–Kier alpha value is -4.53. The molecular weight excluding hydrogens is 436 g/mol. The summed E-state index contributed by atoms with van der Waals surface area (Å²) in [5.41, 5.74) is 1.02. The molecule has 0 aliphatic heterocycles. The fourth-order valence-corrected chi connectivity index (χ4v) is 3.50. The number of nitrogens with zero attached hydrogens (tertiary/aromatic N) is 4. The molecule has 0 aliphatic carbocycles. The van der Waals surface area contributed by atoms with Crippen molar-refractivity contribution in [2.24, 2.45) is 5.10 Å². The molecule has 9 nitrogen and oxygen atoms in total. The Bertz CT molecular complexity index is 1430. The summed E-state index contributed by atoms with van der Waals surface area (Å²) in [6, 6.07) is 19.1. The van der Waals surface area contributed by atoms with Crippen molar-refractivity contribution in [2.75, 3.05) is 13.2 Å². The highest BCUT2D eigenvalue weighted by Gasteiger charge is 2.22. The second-order valence-corrected chi connectivity index (χ2v) is 7.17. The highest BCUT2D eigenvalue weighted by atomic mass is 16.6. The number of hydrogen-bond acceptors (Lipinski definition) is 7. The summed E-state index contributed by atoms with van der Waals surface area (Å²) in [5.74, 6) is 0.638. The minimum atomic E-state index is -0.538. The molecular formula is C25H22N4O5. The van der Waals surface area contributed by atoms with Crippen molar-refractivity contribution in [1.29, 1.82) is 0 Å². The first-order chi connectivity index (χ1) is 16.5. The average Bonchev–Trinajstić information content (AvgIpc) is 2.85. The smallest absolute Gasteiger partial charge is 0.315 e.